The number of aromatic nitrogens is 2. The van der Waals surface area contributed by atoms with E-state index in [9.17, 15) is 0 Å². The van der Waals surface area contributed by atoms with Crippen molar-refractivity contribution >= 4 is 11.0 Å². The molecule has 0 aliphatic rings. The van der Waals surface area contributed by atoms with E-state index in [1.54, 1.807) is 12.4 Å². The van der Waals surface area contributed by atoms with Crippen molar-refractivity contribution < 1.29 is 0 Å². The molecular formula is C13H17N3. The molecule has 0 saturated heterocycles. The number of para-hydroxylation sites is 1. The minimum atomic E-state index is 0.0328. The minimum Gasteiger partial charge on any atom is -0.324 e. The number of rotatable bonds is 3. The summed E-state index contributed by atoms with van der Waals surface area (Å²) in [4.78, 5) is 8.67. The van der Waals surface area contributed by atoms with Crippen molar-refractivity contribution in [3.05, 3.63) is 36.2 Å². The number of hydrogen-bond donors (Lipinski definition) is 1. The molecule has 0 amide bonds. The molecule has 0 saturated carbocycles. The first kappa shape index (κ1) is 11.0. The normalized spacial score (nSPS) is 14.9. The molecule has 0 bridgehead atoms. The summed E-state index contributed by atoms with van der Waals surface area (Å²) < 4.78 is 0. The molecule has 84 valence electrons. The van der Waals surface area contributed by atoms with Crippen molar-refractivity contribution in [2.45, 2.75) is 26.3 Å². The van der Waals surface area contributed by atoms with Gasteiger partial charge in [0.15, 0.2) is 0 Å². The molecule has 0 spiro atoms. The van der Waals surface area contributed by atoms with Gasteiger partial charge in [-0.25, -0.2) is 0 Å². The Morgan fingerprint density at radius 2 is 2.00 bits per heavy atom. The first-order valence-corrected chi connectivity index (χ1v) is 5.69. The first-order valence-electron chi connectivity index (χ1n) is 5.69. The van der Waals surface area contributed by atoms with E-state index in [2.05, 4.69) is 23.8 Å². The Hall–Kier alpha value is -1.48. The standard InChI is InChI=1S/C13H17N3/c1-3-9(2)12(14)10-5-4-6-11-13(10)16-8-7-15-11/h4-9,12H,3,14H2,1-2H3. The second kappa shape index (κ2) is 4.58. The summed E-state index contributed by atoms with van der Waals surface area (Å²) in [5.74, 6) is 0.451. The summed E-state index contributed by atoms with van der Waals surface area (Å²) in [6.45, 7) is 4.32. The highest BCUT2D eigenvalue weighted by molar-refractivity contribution is 5.78. The van der Waals surface area contributed by atoms with Crippen LogP contribution in [-0.2, 0) is 0 Å². The zero-order valence-electron chi connectivity index (χ0n) is 9.72. The molecule has 2 atom stereocenters. The molecule has 1 heterocycles. The predicted octanol–water partition coefficient (Wildman–Crippen LogP) is 2.68. The van der Waals surface area contributed by atoms with Gasteiger partial charge in [0.1, 0.15) is 0 Å². The van der Waals surface area contributed by atoms with E-state index in [4.69, 9.17) is 5.73 Å². The van der Waals surface area contributed by atoms with Crippen LogP contribution >= 0.6 is 0 Å². The Bertz CT molecular complexity index is 476. The summed E-state index contributed by atoms with van der Waals surface area (Å²) in [6, 6.07) is 6.04. The molecular weight excluding hydrogens is 198 g/mol. The summed E-state index contributed by atoms with van der Waals surface area (Å²) in [5.41, 5.74) is 9.19. The van der Waals surface area contributed by atoms with Crippen LogP contribution in [0.4, 0.5) is 0 Å². The Morgan fingerprint density at radius 3 is 2.75 bits per heavy atom. The van der Waals surface area contributed by atoms with Crippen molar-refractivity contribution in [3.63, 3.8) is 0 Å². The minimum absolute atomic E-state index is 0.0328. The van der Waals surface area contributed by atoms with Crippen LogP contribution in [0.5, 0.6) is 0 Å². The van der Waals surface area contributed by atoms with Gasteiger partial charge in [0.2, 0.25) is 0 Å². The fraction of sp³-hybridized carbons (Fsp3) is 0.385. The number of hydrogen-bond acceptors (Lipinski definition) is 3. The van der Waals surface area contributed by atoms with E-state index in [-0.39, 0.29) is 6.04 Å². The quantitative estimate of drug-likeness (QED) is 0.856. The van der Waals surface area contributed by atoms with Crippen LogP contribution in [0.1, 0.15) is 31.9 Å². The van der Waals surface area contributed by atoms with Crippen LogP contribution in [0.2, 0.25) is 0 Å². The van der Waals surface area contributed by atoms with Crippen LogP contribution in [0, 0.1) is 5.92 Å². The third-order valence-corrected chi connectivity index (χ3v) is 3.15. The van der Waals surface area contributed by atoms with E-state index in [0.717, 1.165) is 23.0 Å². The van der Waals surface area contributed by atoms with E-state index in [1.807, 2.05) is 18.2 Å². The van der Waals surface area contributed by atoms with Gasteiger partial charge in [-0.2, -0.15) is 0 Å². The van der Waals surface area contributed by atoms with Crippen LogP contribution < -0.4 is 5.73 Å². The number of fused-ring (bicyclic) bond motifs is 1. The smallest absolute Gasteiger partial charge is 0.0934 e. The van der Waals surface area contributed by atoms with Gasteiger partial charge in [-0.05, 0) is 17.5 Å². The van der Waals surface area contributed by atoms with Crippen LogP contribution in [-0.4, -0.2) is 9.97 Å². The fourth-order valence-corrected chi connectivity index (χ4v) is 1.84. The lowest BCUT2D eigenvalue weighted by atomic mass is 9.92. The largest absolute Gasteiger partial charge is 0.324 e. The lowest BCUT2D eigenvalue weighted by Gasteiger charge is -2.19. The second-order valence-electron chi connectivity index (χ2n) is 4.18. The molecule has 0 aliphatic carbocycles. The molecule has 0 aliphatic heterocycles. The molecule has 0 fully saturated rings. The van der Waals surface area contributed by atoms with E-state index in [0.29, 0.717) is 5.92 Å². The molecule has 2 rings (SSSR count). The zero-order valence-corrected chi connectivity index (χ0v) is 9.72. The topological polar surface area (TPSA) is 51.8 Å². The molecule has 3 heteroatoms. The predicted molar refractivity (Wildman–Crippen MR) is 65.9 cm³/mol. The van der Waals surface area contributed by atoms with E-state index in [1.165, 1.54) is 0 Å². The average molecular weight is 215 g/mol. The third kappa shape index (κ3) is 1.91. The Morgan fingerprint density at radius 1 is 1.25 bits per heavy atom. The fourth-order valence-electron chi connectivity index (χ4n) is 1.84. The molecule has 2 N–H and O–H groups in total. The molecule has 16 heavy (non-hydrogen) atoms. The van der Waals surface area contributed by atoms with Crippen molar-refractivity contribution in [3.8, 4) is 0 Å². The molecule has 2 unspecified atom stereocenters. The van der Waals surface area contributed by atoms with Crippen molar-refractivity contribution in [1.29, 1.82) is 0 Å². The summed E-state index contributed by atoms with van der Waals surface area (Å²) >= 11 is 0. The van der Waals surface area contributed by atoms with Gasteiger partial charge in [0, 0.05) is 18.4 Å². The summed E-state index contributed by atoms with van der Waals surface area (Å²) in [5, 5.41) is 0. The molecule has 1 aromatic heterocycles. The summed E-state index contributed by atoms with van der Waals surface area (Å²) in [6.07, 6.45) is 4.49. The number of nitrogens with two attached hydrogens (primary N) is 1. The summed E-state index contributed by atoms with van der Waals surface area (Å²) in [7, 11) is 0. The highest BCUT2D eigenvalue weighted by Gasteiger charge is 2.16. The molecule has 2 aromatic rings. The van der Waals surface area contributed by atoms with Crippen molar-refractivity contribution in [2.24, 2.45) is 11.7 Å². The Kier molecular flexibility index (Phi) is 3.15. The van der Waals surface area contributed by atoms with Crippen molar-refractivity contribution in [2.75, 3.05) is 0 Å². The molecule has 3 nitrogen and oxygen atoms in total. The van der Waals surface area contributed by atoms with Gasteiger partial charge < -0.3 is 5.73 Å². The lowest BCUT2D eigenvalue weighted by Crippen LogP contribution is -2.19. The van der Waals surface area contributed by atoms with Crippen LogP contribution in [0.15, 0.2) is 30.6 Å². The maximum Gasteiger partial charge on any atom is 0.0934 e. The average Bonchev–Trinajstić information content (AvgIpc) is 2.36. The zero-order chi connectivity index (χ0) is 11.5. The Labute approximate surface area is 95.7 Å². The monoisotopic (exact) mass is 215 g/mol. The van der Waals surface area contributed by atoms with Crippen LogP contribution in [0.25, 0.3) is 11.0 Å². The van der Waals surface area contributed by atoms with Gasteiger partial charge in [-0.3, -0.25) is 9.97 Å². The van der Waals surface area contributed by atoms with Gasteiger partial charge in [0.05, 0.1) is 11.0 Å². The van der Waals surface area contributed by atoms with E-state index >= 15 is 0 Å². The van der Waals surface area contributed by atoms with Gasteiger partial charge in [0.25, 0.3) is 0 Å². The van der Waals surface area contributed by atoms with Gasteiger partial charge >= 0.3 is 0 Å². The number of benzene rings is 1. The van der Waals surface area contributed by atoms with Crippen molar-refractivity contribution in [1.82, 2.24) is 9.97 Å². The molecule has 0 radical (unpaired) electrons. The highest BCUT2D eigenvalue weighted by atomic mass is 14.8. The second-order valence-corrected chi connectivity index (χ2v) is 4.18. The highest BCUT2D eigenvalue weighted by Crippen LogP contribution is 2.26. The van der Waals surface area contributed by atoms with Gasteiger partial charge in [-0.1, -0.05) is 32.4 Å². The SMILES string of the molecule is CCC(C)C(N)c1cccc2nccnc12. The molecule has 1 aromatic carbocycles. The Balaban J connectivity index is 2.52. The maximum absolute atomic E-state index is 6.25. The number of nitrogens with zero attached hydrogens (tertiary/aromatic N) is 2. The van der Waals surface area contributed by atoms with E-state index < -0.39 is 0 Å². The third-order valence-electron chi connectivity index (χ3n) is 3.15. The van der Waals surface area contributed by atoms with Crippen LogP contribution in [0.3, 0.4) is 0 Å². The van der Waals surface area contributed by atoms with Gasteiger partial charge in [-0.15, -0.1) is 0 Å². The maximum atomic E-state index is 6.25. The lowest BCUT2D eigenvalue weighted by molar-refractivity contribution is 0.458. The first-order chi connectivity index (χ1) is 7.74.